The molecule has 0 saturated heterocycles. The van der Waals surface area contributed by atoms with E-state index in [-0.39, 0.29) is 6.61 Å². The van der Waals surface area contributed by atoms with Crippen molar-refractivity contribution in [3.8, 4) is 0 Å². The Morgan fingerprint density at radius 1 is 1.05 bits per heavy atom. The Morgan fingerprint density at radius 2 is 1.60 bits per heavy atom. The molecule has 9 nitrogen and oxygen atoms in total. The monoisotopic (exact) mass is 290 g/mol. The summed E-state index contributed by atoms with van der Waals surface area (Å²) in [5, 5.41) is 17.8. The third-order valence-corrected chi connectivity index (χ3v) is 2.14. The van der Waals surface area contributed by atoms with Crippen molar-refractivity contribution in [1.82, 2.24) is 0 Å². The van der Waals surface area contributed by atoms with Gasteiger partial charge in [0.25, 0.3) is 0 Å². The van der Waals surface area contributed by atoms with E-state index < -0.39 is 48.1 Å². The predicted octanol–water partition coefficient (Wildman–Crippen LogP) is -0.630. The molecule has 0 aliphatic rings. The highest BCUT2D eigenvalue weighted by atomic mass is 16.6. The van der Waals surface area contributed by atoms with Gasteiger partial charge in [-0.15, -0.1) is 0 Å². The number of hydrogen-bond acceptors (Lipinski definition) is 7. The summed E-state index contributed by atoms with van der Waals surface area (Å²) in [6.07, 6.45) is -2.19. The van der Waals surface area contributed by atoms with Crippen LogP contribution in [-0.4, -0.2) is 52.1 Å². The van der Waals surface area contributed by atoms with Crippen molar-refractivity contribution in [2.24, 2.45) is 0 Å². The molecule has 0 aliphatic carbocycles. The Balaban J connectivity index is 5.40. The summed E-state index contributed by atoms with van der Waals surface area (Å²) in [4.78, 5) is 55.3. The number of ether oxygens (including phenoxy) is 2. The van der Waals surface area contributed by atoms with Crippen molar-refractivity contribution in [2.45, 2.75) is 32.3 Å². The molecule has 2 N–H and O–H groups in total. The minimum Gasteiger partial charge on any atom is -0.481 e. The highest BCUT2D eigenvalue weighted by Crippen LogP contribution is 2.23. The van der Waals surface area contributed by atoms with Crippen molar-refractivity contribution < 1.29 is 43.7 Å². The molecule has 0 radical (unpaired) electrons. The number of rotatable bonds is 8. The van der Waals surface area contributed by atoms with Crippen molar-refractivity contribution in [3.63, 3.8) is 0 Å². The van der Waals surface area contributed by atoms with Gasteiger partial charge in [0.05, 0.1) is 19.4 Å². The fraction of sp³-hybridized carbons (Fsp3) is 0.545. The Morgan fingerprint density at radius 3 is 1.95 bits per heavy atom. The average molecular weight is 290 g/mol. The Hall–Kier alpha value is -2.45. The molecule has 0 aromatic heterocycles. The molecular weight excluding hydrogens is 276 g/mol. The number of hydrogen-bond donors (Lipinski definition) is 2. The van der Waals surface area contributed by atoms with Gasteiger partial charge >= 0.3 is 23.9 Å². The minimum atomic E-state index is -2.68. The maximum Gasteiger partial charge on any atom is 0.375 e. The van der Waals surface area contributed by atoms with Crippen LogP contribution in [0.3, 0.4) is 0 Å². The smallest absolute Gasteiger partial charge is 0.375 e. The largest absolute Gasteiger partial charge is 0.481 e. The zero-order valence-corrected chi connectivity index (χ0v) is 10.9. The SMILES string of the molecule is CCOC(=O)CC(CC(=O)O)(OC(=O)C(C)=O)C(=O)O. The molecule has 0 heterocycles. The zero-order valence-electron chi connectivity index (χ0n) is 10.9. The first-order chi connectivity index (χ1) is 9.14. The molecule has 0 rings (SSSR count). The molecule has 1 atom stereocenters. The van der Waals surface area contributed by atoms with Gasteiger partial charge in [0.1, 0.15) is 0 Å². The van der Waals surface area contributed by atoms with Gasteiger partial charge in [0.2, 0.25) is 11.4 Å². The summed E-state index contributed by atoms with van der Waals surface area (Å²) >= 11 is 0. The summed E-state index contributed by atoms with van der Waals surface area (Å²) in [6, 6.07) is 0. The molecule has 1 unspecified atom stereocenters. The van der Waals surface area contributed by atoms with Crippen LogP contribution in [0.15, 0.2) is 0 Å². The number of carbonyl (C=O) groups excluding carboxylic acids is 3. The lowest BCUT2D eigenvalue weighted by Gasteiger charge is -2.26. The Bertz CT molecular complexity index is 439. The van der Waals surface area contributed by atoms with E-state index in [4.69, 9.17) is 10.2 Å². The fourth-order valence-corrected chi connectivity index (χ4v) is 1.27. The number of esters is 2. The van der Waals surface area contributed by atoms with Gasteiger partial charge < -0.3 is 19.7 Å². The Labute approximate surface area is 113 Å². The lowest BCUT2D eigenvalue weighted by molar-refractivity contribution is -0.187. The first-order valence-corrected chi connectivity index (χ1v) is 5.49. The van der Waals surface area contributed by atoms with Crippen LogP contribution in [0, 0.1) is 0 Å². The third kappa shape index (κ3) is 5.04. The van der Waals surface area contributed by atoms with Gasteiger partial charge in [-0.1, -0.05) is 0 Å². The van der Waals surface area contributed by atoms with Crippen LogP contribution >= 0.6 is 0 Å². The van der Waals surface area contributed by atoms with Gasteiger partial charge in [-0.25, -0.2) is 9.59 Å². The summed E-state index contributed by atoms with van der Waals surface area (Å²) in [6.45, 7) is 2.21. The standard InChI is InChI=1S/C11H14O9/c1-3-19-8(15)5-11(10(17)18,4-7(13)14)20-9(16)6(2)12/h3-5H2,1-2H3,(H,13,14)(H,17,18). The summed E-state index contributed by atoms with van der Waals surface area (Å²) < 4.78 is 8.92. The summed E-state index contributed by atoms with van der Waals surface area (Å²) in [5.74, 6) is -7.20. The number of aliphatic carboxylic acids is 2. The van der Waals surface area contributed by atoms with E-state index in [9.17, 15) is 24.0 Å². The van der Waals surface area contributed by atoms with E-state index >= 15 is 0 Å². The van der Waals surface area contributed by atoms with Crippen LogP contribution in [0.2, 0.25) is 0 Å². The van der Waals surface area contributed by atoms with Crippen LogP contribution in [-0.2, 0) is 33.4 Å². The van der Waals surface area contributed by atoms with Gasteiger partial charge in [0, 0.05) is 6.92 Å². The van der Waals surface area contributed by atoms with Gasteiger partial charge in [-0.05, 0) is 6.92 Å². The van der Waals surface area contributed by atoms with Crippen molar-refractivity contribution in [3.05, 3.63) is 0 Å². The van der Waals surface area contributed by atoms with Gasteiger partial charge in [-0.2, -0.15) is 0 Å². The molecule has 112 valence electrons. The quantitative estimate of drug-likeness (QED) is 0.440. The highest BCUT2D eigenvalue weighted by Gasteiger charge is 2.48. The molecule has 20 heavy (non-hydrogen) atoms. The third-order valence-electron chi connectivity index (χ3n) is 2.14. The number of Topliss-reactive ketones (excluding diaryl/α,β-unsaturated/α-hetero) is 1. The van der Waals surface area contributed by atoms with E-state index in [0.29, 0.717) is 0 Å². The average Bonchev–Trinajstić information content (AvgIpc) is 2.27. The van der Waals surface area contributed by atoms with Crippen LogP contribution < -0.4 is 0 Å². The predicted molar refractivity (Wildman–Crippen MR) is 60.6 cm³/mol. The second kappa shape index (κ2) is 7.22. The normalized spacial score (nSPS) is 12.9. The summed E-state index contributed by atoms with van der Waals surface area (Å²) in [7, 11) is 0. The zero-order chi connectivity index (χ0) is 15.9. The maximum absolute atomic E-state index is 11.3. The summed E-state index contributed by atoms with van der Waals surface area (Å²) in [5.41, 5.74) is -2.68. The number of ketones is 1. The van der Waals surface area contributed by atoms with E-state index in [1.807, 2.05) is 0 Å². The minimum absolute atomic E-state index is 0.0672. The van der Waals surface area contributed by atoms with Crippen molar-refractivity contribution in [2.75, 3.05) is 6.61 Å². The van der Waals surface area contributed by atoms with Crippen LogP contribution in [0.25, 0.3) is 0 Å². The van der Waals surface area contributed by atoms with E-state index in [0.717, 1.165) is 6.92 Å². The molecule has 0 amide bonds. The van der Waals surface area contributed by atoms with Gasteiger partial charge in [0.15, 0.2) is 0 Å². The van der Waals surface area contributed by atoms with Crippen LogP contribution in [0.1, 0.15) is 26.7 Å². The van der Waals surface area contributed by atoms with Crippen LogP contribution in [0.4, 0.5) is 0 Å². The first-order valence-electron chi connectivity index (χ1n) is 5.49. The molecule has 9 heteroatoms. The second-order valence-electron chi connectivity index (χ2n) is 3.80. The molecule has 0 bridgehead atoms. The number of carboxylic acids is 2. The van der Waals surface area contributed by atoms with Crippen molar-refractivity contribution >= 4 is 29.7 Å². The fourth-order valence-electron chi connectivity index (χ4n) is 1.27. The first kappa shape index (κ1) is 17.6. The van der Waals surface area contributed by atoms with E-state index in [2.05, 4.69) is 9.47 Å². The number of carbonyl (C=O) groups is 5. The molecular formula is C11H14O9. The second-order valence-corrected chi connectivity index (χ2v) is 3.80. The van der Waals surface area contributed by atoms with E-state index in [1.165, 1.54) is 6.92 Å². The molecule has 0 spiro atoms. The topological polar surface area (TPSA) is 144 Å². The van der Waals surface area contributed by atoms with Crippen molar-refractivity contribution in [1.29, 1.82) is 0 Å². The Kier molecular flexibility index (Phi) is 6.33. The molecule has 0 aromatic rings. The lowest BCUT2D eigenvalue weighted by Crippen LogP contribution is -2.48. The molecule has 0 aromatic carbocycles. The molecule has 0 fully saturated rings. The van der Waals surface area contributed by atoms with Crippen LogP contribution in [0.5, 0.6) is 0 Å². The highest BCUT2D eigenvalue weighted by molar-refractivity contribution is 6.33. The molecule has 0 aliphatic heterocycles. The maximum atomic E-state index is 11.3. The van der Waals surface area contributed by atoms with E-state index in [1.54, 1.807) is 0 Å². The molecule has 0 saturated carbocycles. The van der Waals surface area contributed by atoms with Gasteiger partial charge in [-0.3, -0.25) is 14.4 Å². The number of carboxylic acid groups (broad SMARTS) is 2. The lowest BCUT2D eigenvalue weighted by atomic mass is 9.95.